The standard InChI is InChI=1S/C22H31N3O11.Gd.H2O2/c26-18(27)10-23(6-7-24(11-19(28)29)12-20(30)31)8-9-25(13-21(32)33)17(22(34)35)15-36-14-16-4-2-1-3-5-16;;1-2/h1-5,17H,6-15H2,(H,26,27)(H,28,29)(H,30,31)(H,32,33)(H,34,35);;1-2H/q;+3;/p-3. The number of carbonyl (C=O) groups is 5. The van der Waals surface area contributed by atoms with Gasteiger partial charge in [-0.15, -0.1) is 0 Å². The molecule has 17 heteroatoms. The first-order chi connectivity index (χ1) is 18.0. The summed E-state index contributed by atoms with van der Waals surface area (Å²) in [6, 6.07) is 7.49. The number of carboxylic acid groups (broad SMARTS) is 5. The molecule has 1 aromatic carbocycles. The van der Waals surface area contributed by atoms with Crippen LogP contribution in [0.2, 0.25) is 0 Å². The van der Waals surface area contributed by atoms with Gasteiger partial charge in [0.25, 0.3) is 0 Å². The summed E-state index contributed by atoms with van der Waals surface area (Å²) in [5, 5.41) is 63.7. The topological polar surface area (TPSA) is 254 Å². The minimum Gasteiger partial charge on any atom is -0.549 e. The first-order valence-electron chi connectivity index (χ1n) is 11.0. The summed E-state index contributed by atoms with van der Waals surface area (Å²) >= 11 is 0. The smallest absolute Gasteiger partial charge is 0.549 e. The zero-order valence-corrected chi connectivity index (χ0v) is 23.0. The zero-order chi connectivity index (χ0) is 29.1. The van der Waals surface area contributed by atoms with Crippen molar-refractivity contribution in [3.63, 3.8) is 0 Å². The number of nitrogens with zero attached hydrogens (tertiary/aromatic N) is 3. The Balaban J connectivity index is 0. The van der Waals surface area contributed by atoms with Crippen LogP contribution in [0, 0.1) is 39.9 Å². The van der Waals surface area contributed by atoms with E-state index in [1.54, 1.807) is 30.3 Å². The molecule has 4 N–H and O–H groups in total. The van der Waals surface area contributed by atoms with E-state index in [1.807, 2.05) is 0 Å². The van der Waals surface area contributed by atoms with E-state index < -0.39 is 62.1 Å². The summed E-state index contributed by atoms with van der Waals surface area (Å²) in [6.45, 7) is -3.70. The van der Waals surface area contributed by atoms with E-state index in [0.29, 0.717) is 0 Å². The second-order valence-electron chi connectivity index (χ2n) is 7.82. The van der Waals surface area contributed by atoms with Gasteiger partial charge in [0.15, 0.2) is 0 Å². The van der Waals surface area contributed by atoms with Crippen molar-refractivity contribution in [2.75, 3.05) is 59.0 Å². The van der Waals surface area contributed by atoms with Crippen molar-refractivity contribution in [1.82, 2.24) is 14.7 Å². The molecule has 0 aromatic heterocycles. The average Bonchev–Trinajstić information content (AvgIpc) is 2.83. The third kappa shape index (κ3) is 19.4. The number of rotatable bonds is 20. The Hall–Kier alpha value is -2.35. The Morgan fingerprint density at radius 2 is 1.23 bits per heavy atom. The molecule has 1 atom stereocenters. The Bertz CT molecular complexity index is 875. The SMILES string of the molecule is O=C([O-])CN(CCN(CCN(CC(=O)[O-])C(COCc1ccccc1)C(=O)O)CC(=O)O)CC(=O)[O-].OO.[Gd+3]. The van der Waals surface area contributed by atoms with Gasteiger partial charge in [0.2, 0.25) is 0 Å². The van der Waals surface area contributed by atoms with Crippen LogP contribution in [0.1, 0.15) is 5.56 Å². The molecule has 1 aromatic rings. The van der Waals surface area contributed by atoms with E-state index >= 15 is 0 Å². The van der Waals surface area contributed by atoms with Crippen LogP contribution in [0.5, 0.6) is 0 Å². The number of ether oxygens (including phenoxy) is 1. The van der Waals surface area contributed by atoms with Gasteiger partial charge in [0, 0.05) is 45.8 Å². The van der Waals surface area contributed by atoms with Gasteiger partial charge in [-0.1, -0.05) is 30.3 Å². The summed E-state index contributed by atoms with van der Waals surface area (Å²) in [5.41, 5.74) is 0.776. The van der Waals surface area contributed by atoms with Gasteiger partial charge in [0.1, 0.15) is 6.04 Å². The number of hydrogen-bond donors (Lipinski definition) is 4. The van der Waals surface area contributed by atoms with Gasteiger partial charge in [-0.05, 0) is 5.56 Å². The molecule has 0 aliphatic rings. The molecule has 0 saturated carbocycles. The quantitative estimate of drug-likeness (QED) is 0.0733. The Morgan fingerprint density at radius 1 is 0.744 bits per heavy atom. The summed E-state index contributed by atoms with van der Waals surface area (Å²) in [4.78, 5) is 59.3. The largest absolute Gasteiger partial charge is 3.00 e. The number of aliphatic carboxylic acids is 5. The fourth-order valence-electron chi connectivity index (χ4n) is 3.30. The Kier molecular flexibility index (Phi) is 22.4. The van der Waals surface area contributed by atoms with Crippen LogP contribution in [0.3, 0.4) is 0 Å². The molecule has 1 rings (SSSR count). The predicted octanol–water partition coefficient (Wildman–Crippen LogP) is -5.09. The molecule has 0 saturated heterocycles. The second-order valence-corrected chi connectivity index (χ2v) is 7.82. The van der Waals surface area contributed by atoms with Crippen LogP contribution >= 0.6 is 0 Å². The van der Waals surface area contributed by atoms with Crippen molar-refractivity contribution in [2.45, 2.75) is 12.6 Å². The number of carboxylic acids is 5. The van der Waals surface area contributed by atoms with Crippen LogP contribution in [0.4, 0.5) is 0 Å². The van der Waals surface area contributed by atoms with Crippen molar-refractivity contribution in [3.8, 4) is 0 Å². The molecular weight excluding hydrogens is 672 g/mol. The van der Waals surface area contributed by atoms with Crippen molar-refractivity contribution in [1.29, 1.82) is 0 Å². The van der Waals surface area contributed by atoms with E-state index in [0.717, 1.165) is 15.4 Å². The van der Waals surface area contributed by atoms with Gasteiger partial charge < -0.3 is 44.7 Å². The maximum Gasteiger partial charge on any atom is 3.00 e. The molecule has 219 valence electrons. The fraction of sp³-hybridized carbons (Fsp3) is 0.500. The van der Waals surface area contributed by atoms with Crippen molar-refractivity contribution in [3.05, 3.63) is 35.9 Å². The van der Waals surface area contributed by atoms with Crippen LogP contribution in [-0.2, 0) is 35.3 Å². The number of hydrogen-bond acceptors (Lipinski definition) is 14. The normalized spacial score (nSPS) is 11.3. The second kappa shape index (κ2) is 22.5. The predicted molar refractivity (Wildman–Crippen MR) is 120 cm³/mol. The fourth-order valence-corrected chi connectivity index (χ4v) is 3.30. The van der Waals surface area contributed by atoms with E-state index in [1.165, 1.54) is 4.90 Å². The van der Waals surface area contributed by atoms with Gasteiger partial charge in [-0.25, -0.2) is 0 Å². The van der Waals surface area contributed by atoms with Gasteiger partial charge in [-0.3, -0.25) is 34.8 Å². The third-order valence-electron chi connectivity index (χ3n) is 4.95. The Morgan fingerprint density at radius 3 is 1.69 bits per heavy atom. The third-order valence-corrected chi connectivity index (χ3v) is 4.95. The molecule has 39 heavy (non-hydrogen) atoms. The summed E-state index contributed by atoms with van der Waals surface area (Å²) in [6.07, 6.45) is 0. The monoisotopic (exact) mass is 702 g/mol. The first-order valence-corrected chi connectivity index (χ1v) is 11.0. The van der Waals surface area contributed by atoms with Crippen LogP contribution < -0.4 is 15.3 Å². The minimum atomic E-state index is -1.55. The van der Waals surface area contributed by atoms with Crippen molar-refractivity contribution in [2.24, 2.45) is 0 Å². The van der Waals surface area contributed by atoms with E-state index in [9.17, 15) is 49.5 Å². The zero-order valence-electron chi connectivity index (χ0n) is 20.7. The van der Waals surface area contributed by atoms with Crippen molar-refractivity contribution >= 4 is 29.8 Å². The maximum absolute atomic E-state index is 11.8. The van der Waals surface area contributed by atoms with E-state index in [4.69, 9.17) is 15.3 Å². The number of benzene rings is 1. The van der Waals surface area contributed by atoms with Crippen LogP contribution in [0.25, 0.3) is 0 Å². The minimum absolute atomic E-state index is 0. The molecule has 0 spiro atoms. The molecule has 0 aliphatic carbocycles. The van der Waals surface area contributed by atoms with Gasteiger partial charge >= 0.3 is 51.9 Å². The van der Waals surface area contributed by atoms with E-state index in [-0.39, 0.29) is 79.3 Å². The molecule has 1 unspecified atom stereocenters. The average molecular weight is 702 g/mol. The van der Waals surface area contributed by atoms with E-state index in [2.05, 4.69) is 0 Å². The van der Waals surface area contributed by atoms with Gasteiger partial charge in [-0.2, -0.15) is 0 Å². The molecule has 0 bridgehead atoms. The van der Waals surface area contributed by atoms with Gasteiger partial charge in [0.05, 0.1) is 37.7 Å². The van der Waals surface area contributed by atoms with Crippen molar-refractivity contribution < 1.29 is 105 Å². The molecular formula is C22H30GdN3O13. The van der Waals surface area contributed by atoms with Crippen LogP contribution in [0.15, 0.2) is 30.3 Å². The summed E-state index contributed by atoms with van der Waals surface area (Å²) in [7, 11) is 0. The molecule has 0 fully saturated rings. The van der Waals surface area contributed by atoms with Crippen LogP contribution in [-0.4, -0.2) is 130 Å². The molecule has 0 amide bonds. The summed E-state index contributed by atoms with van der Waals surface area (Å²) < 4.78 is 5.46. The maximum atomic E-state index is 11.8. The first kappa shape index (κ1) is 38.8. The number of carbonyl (C=O) groups excluding carboxylic acids is 3. The molecule has 0 heterocycles. The molecule has 0 aliphatic heterocycles. The summed E-state index contributed by atoms with van der Waals surface area (Å²) in [5.74, 6) is -7.25. The Labute approximate surface area is 255 Å². The molecule has 16 nitrogen and oxygen atoms in total. The molecule has 1 radical (unpaired) electrons.